The molecule has 66 valence electrons. The first-order valence-electron chi connectivity index (χ1n) is 4.10. The lowest BCUT2D eigenvalue weighted by Crippen LogP contribution is -2.24. The predicted molar refractivity (Wildman–Crippen MR) is 49.8 cm³/mol. The fourth-order valence-corrected chi connectivity index (χ4v) is 2.27. The van der Waals surface area contributed by atoms with Gasteiger partial charge in [-0.2, -0.15) is 0 Å². The van der Waals surface area contributed by atoms with Crippen LogP contribution in [-0.2, 0) is 5.41 Å². The molecule has 4 heteroatoms. The molecule has 0 saturated heterocycles. The van der Waals surface area contributed by atoms with E-state index in [1.165, 1.54) is 24.2 Å². The number of hydrogen-bond acceptors (Lipinski definition) is 3. The molecule has 0 aromatic carbocycles. The molecule has 0 amide bonds. The van der Waals surface area contributed by atoms with Crippen molar-refractivity contribution >= 4 is 11.3 Å². The summed E-state index contributed by atoms with van der Waals surface area (Å²) < 4.78 is 0. The highest BCUT2D eigenvalue weighted by Crippen LogP contribution is 2.46. The molecule has 2 rings (SSSR count). The van der Waals surface area contributed by atoms with Crippen LogP contribution in [0.3, 0.4) is 0 Å². The van der Waals surface area contributed by atoms with Crippen molar-refractivity contribution < 1.29 is 0 Å². The van der Waals surface area contributed by atoms with Crippen molar-refractivity contribution in [3.8, 4) is 0 Å². The lowest BCUT2D eigenvalue weighted by atomic mass is 10.0. The van der Waals surface area contributed by atoms with Gasteiger partial charge >= 0.3 is 4.87 Å². The zero-order valence-electron chi connectivity index (χ0n) is 7.02. The van der Waals surface area contributed by atoms with Gasteiger partial charge in [0.05, 0.1) is 0 Å². The Balaban J connectivity index is 2.24. The van der Waals surface area contributed by atoms with Crippen molar-refractivity contribution in [2.75, 3.05) is 13.6 Å². The molecule has 0 unspecified atom stereocenters. The van der Waals surface area contributed by atoms with E-state index in [9.17, 15) is 4.79 Å². The zero-order valence-corrected chi connectivity index (χ0v) is 7.83. The second kappa shape index (κ2) is 2.71. The fraction of sp³-hybridized carbons (Fsp3) is 0.625. The molecule has 1 aromatic heterocycles. The third kappa shape index (κ3) is 1.21. The summed E-state index contributed by atoms with van der Waals surface area (Å²) in [6, 6.07) is 0. The molecule has 1 aliphatic carbocycles. The van der Waals surface area contributed by atoms with Crippen molar-refractivity contribution in [3.05, 3.63) is 20.7 Å². The summed E-state index contributed by atoms with van der Waals surface area (Å²) in [4.78, 5) is 13.9. The first-order chi connectivity index (χ1) is 5.77. The summed E-state index contributed by atoms with van der Waals surface area (Å²) >= 11 is 1.26. The van der Waals surface area contributed by atoms with Crippen LogP contribution in [0.1, 0.15) is 18.5 Å². The molecule has 0 bridgehead atoms. The molecule has 12 heavy (non-hydrogen) atoms. The van der Waals surface area contributed by atoms with Gasteiger partial charge < -0.3 is 10.3 Å². The molecule has 0 atom stereocenters. The van der Waals surface area contributed by atoms with Gasteiger partial charge in [-0.05, 0) is 19.9 Å². The number of likely N-dealkylation sites (N-methyl/N-ethyl adjacent to an activating group) is 1. The van der Waals surface area contributed by atoms with Gasteiger partial charge in [0.15, 0.2) is 0 Å². The van der Waals surface area contributed by atoms with Gasteiger partial charge in [-0.25, -0.2) is 0 Å². The Morgan fingerprint density at radius 1 is 1.75 bits per heavy atom. The van der Waals surface area contributed by atoms with E-state index in [4.69, 9.17) is 0 Å². The molecule has 1 saturated carbocycles. The molecular formula is C8H12N2OS. The lowest BCUT2D eigenvalue weighted by Gasteiger charge is -2.10. The maximum atomic E-state index is 10.9. The van der Waals surface area contributed by atoms with Gasteiger partial charge in [0, 0.05) is 23.0 Å². The normalized spacial score (nSPS) is 19.4. The maximum absolute atomic E-state index is 10.9. The van der Waals surface area contributed by atoms with Crippen LogP contribution in [0.4, 0.5) is 0 Å². The summed E-state index contributed by atoms with van der Waals surface area (Å²) in [6.45, 7) is 0.972. The van der Waals surface area contributed by atoms with E-state index in [-0.39, 0.29) is 10.3 Å². The second-order valence-electron chi connectivity index (χ2n) is 3.37. The van der Waals surface area contributed by atoms with E-state index in [1.807, 2.05) is 12.4 Å². The molecule has 0 spiro atoms. The molecule has 0 radical (unpaired) electrons. The monoisotopic (exact) mass is 184 g/mol. The molecule has 2 N–H and O–H groups in total. The van der Waals surface area contributed by atoms with E-state index in [1.54, 1.807) is 0 Å². The Morgan fingerprint density at radius 3 is 2.92 bits per heavy atom. The number of aromatic amines is 1. The van der Waals surface area contributed by atoms with Gasteiger partial charge in [-0.1, -0.05) is 11.3 Å². The van der Waals surface area contributed by atoms with Gasteiger partial charge in [0.1, 0.15) is 0 Å². The van der Waals surface area contributed by atoms with E-state index < -0.39 is 0 Å². The van der Waals surface area contributed by atoms with E-state index in [0.29, 0.717) is 0 Å². The Kier molecular flexibility index (Phi) is 1.81. The fourth-order valence-electron chi connectivity index (χ4n) is 1.57. The highest BCUT2D eigenvalue weighted by molar-refractivity contribution is 7.07. The molecule has 1 aliphatic rings. The van der Waals surface area contributed by atoms with Crippen LogP contribution in [0.25, 0.3) is 0 Å². The van der Waals surface area contributed by atoms with Crippen LogP contribution in [0.15, 0.2) is 10.2 Å². The van der Waals surface area contributed by atoms with Crippen molar-refractivity contribution in [1.82, 2.24) is 10.3 Å². The van der Waals surface area contributed by atoms with Crippen LogP contribution in [0.2, 0.25) is 0 Å². The molecule has 1 fully saturated rings. The van der Waals surface area contributed by atoms with Crippen LogP contribution in [0, 0.1) is 0 Å². The van der Waals surface area contributed by atoms with Crippen LogP contribution in [0.5, 0.6) is 0 Å². The van der Waals surface area contributed by atoms with Crippen LogP contribution >= 0.6 is 11.3 Å². The number of nitrogens with one attached hydrogen (secondary N) is 2. The number of aromatic nitrogens is 1. The molecule has 3 nitrogen and oxygen atoms in total. The molecular weight excluding hydrogens is 172 g/mol. The van der Waals surface area contributed by atoms with Crippen molar-refractivity contribution in [2.45, 2.75) is 18.3 Å². The lowest BCUT2D eigenvalue weighted by molar-refractivity contribution is 0.610. The van der Waals surface area contributed by atoms with Gasteiger partial charge in [-0.3, -0.25) is 4.79 Å². The number of H-pyrrole nitrogens is 1. The number of thiazole rings is 1. The van der Waals surface area contributed by atoms with Crippen LogP contribution < -0.4 is 10.2 Å². The van der Waals surface area contributed by atoms with E-state index in [2.05, 4.69) is 10.3 Å². The van der Waals surface area contributed by atoms with Gasteiger partial charge in [0.2, 0.25) is 0 Å². The van der Waals surface area contributed by atoms with Crippen LogP contribution in [-0.4, -0.2) is 18.6 Å². The Hall–Kier alpha value is -0.610. The number of rotatable bonds is 3. The summed E-state index contributed by atoms with van der Waals surface area (Å²) in [5.74, 6) is 0. The first-order valence-corrected chi connectivity index (χ1v) is 4.98. The Labute approximate surface area is 74.8 Å². The number of hydrogen-bond donors (Lipinski definition) is 2. The topological polar surface area (TPSA) is 44.9 Å². The summed E-state index contributed by atoms with van der Waals surface area (Å²) in [5, 5.41) is 5.11. The van der Waals surface area contributed by atoms with E-state index in [0.717, 1.165) is 12.2 Å². The third-order valence-corrected chi connectivity index (χ3v) is 3.13. The minimum Gasteiger partial charge on any atom is -0.319 e. The zero-order chi connectivity index (χ0) is 8.60. The van der Waals surface area contributed by atoms with Crippen molar-refractivity contribution in [1.29, 1.82) is 0 Å². The SMILES string of the molecule is CNCC1(c2csc(=O)[nH]2)CC1. The Bertz CT molecular complexity index is 324. The van der Waals surface area contributed by atoms with E-state index >= 15 is 0 Å². The Morgan fingerprint density at radius 2 is 2.50 bits per heavy atom. The third-order valence-electron chi connectivity index (χ3n) is 2.46. The van der Waals surface area contributed by atoms with Gasteiger partial charge in [0.25, 0.3) is 0 Å². The second-order valence-corrected chi connectivity index (χ2v) is 4.21. The first kappa shape index (κ1) is 8.01. The largest absolute Gasteiger partial charge is 0.319 e. The summed E-state index contributed by atoms with van der Waals surface area (Å²) in [5.41, 5.74) is 1.38. The maximum Gasteiger partial charge on any atom is 0.304 e. The van der Waals surface area contributed by atoms with Gasteiger partial charge in [-0.15, -0.1) is 0 Å². The molecule has 0 aliphatic heterocycles. The minimum absolute atomic E-state index is 0.0624. The average Bonchev–Trinajstić information content (AvgIpc) is 2.69. The molecule has 1 heterocycles. The standard InChI is InChI=1S/C8H12N2OS/c1-9-5-8(2-3-8)6-4-12-7(11)10-6/h4,9H,2-3,5H2,1H3,(H,10,11). The summed E-state index contributed by atoms with van der Waals surface area (Å²) in [7, 11) is 1.95. The predicted octanol–water partition coefficient (Wildman–Crippen LogP) is 0.687. The minimum atomic E-state index is 0.0624. The highest BCUT2D eigenvalue weighted by Gasteiger charge is 2.44. The highest BCUT2D eigenvalue weighted by atomic mass is 32.1. The molecule has 1 aromatic rings. The quantitative estimate of drug-likeness (QED) is 0.726. The average molecular weight is 184 g/mol. The van der Waals surface area contributed by atoms with Crippen molar-refractivity contribution in [2.24, 2.45) is 0 Å². The van der Waals surface area contributed by atoms with Crippen molar-refractivity contribution in [3.63, 3.8) is 0 Å². The summed E-state index contributed by atoms with van der Waals surface area (Å²) in [6.07, 6.45) is 2.39. The smallest absolute Gasteiger partial charge is 0.304 e.